The third-order valence-electron chi connectivity index (χ3n) is 2.36. The Morgan fingerprint density at radius 2 is 2.05 bits per heavy atom. The molecule has 0 bridgehead atoms. The molecular formula is C11H12F2N2O4. The summed E-state index contributed by atoms with van der Waals surface area (Å²) in [5, 5.41) is 21.2. The number of aliphatic hydroxyl groups excluding tert-OH is 1. The molecular weight excluding hydrogens is 262 g/mol. The van der Waals surface area contributed by atoms with Crippen LogP contribution in [0.25, 0.3) is 0 Å². The number of unbranched alkanes of at least 4 members (excludes halogenated alkanes) is 1. The van der Waals surface area contributed by atoms with Gasteiger partial charge in [-0.15, -0.1) is 0 Å². The molecule has 1 aromatic rings. The van der Waals surface area contributed by atoms with Crippen LogP contribution in [0.3, 0.4) is 0 Å². The van der Waals surface area contributed by atoms with Gasteiger partial charge in [-0.05, 0) is 18.9 Å². The average molecular weight is 274 g/mol. The first-order valence-corrected chi connectivity index (χ1v) is 5.50. The number of nitro groups is 1. The molecule has 1 amide bonds. The van der Waals surface area contributed by atoms with Crippen LogP contribution in [0.15, 0.2) is 12.1 Å². The Morgan fingerprint density at radius 3 is 2.63 bits per heavy atom. The summed E-state index contributed by atoms with van der Waals surface area (Å²) in [4.78, 5) is 21.0. The number of halogens is 2. The molecule has 0 aromatic heterocycles. The summed E-state index contributed by atoms with van der Waals surface area (Å²) < 4.78 is 27.0. The van der Waals surface area contributed by atoms with E-state index < -0.39 is 33.7 Å². The fraction of sp³-hybridized carbons (Fsp3) is 0.364. The summed E-state index contributed by atoms with van der Waals surface area (Å²) in [6, 6.07) is 1.33. The molecule has 0 aliphatic carbocycles. The van der Waals surface area contributed by atoms with Crippen LogP contribution in [0.5, 0.6) is 0 Å². The molecule has 1 rings (SSSR count). The number of carbonyl (C=O) groups is 1. The van der Waals surface area contributed by atoms with Crippen molar-refractivity contribution in [2.24, 2.45) is 0 Å². The van der Waals surface area contributed by atoms with Crippen LogP contribution in [0, 0.1) is 21.7 Å². The van der Waals surface area contributed by atoms with Crippen molar-refractivity contribution in [3.63, 3.8) is 0 Å². The van der Waals surface area contributed by atoms with E-state index in [1.807, 2.05) is 0 Å². The van der Waals surface area contributed by atoms with Gasteiger partial charge in [0, 0.05) is 19.2 Å². The quantitative estimate of drug-likeness (QED) is 0.465. The maximum absolute atomic E-state index is 13.6. The number of nitrogens with zero attached hydrogens (tertiary/aromatic N) is 1. The molecule has 0 fully saturated rings. The lowest BCUT2D eigenvalue weighted by Gasteiger charge is -2.06. The van der Waals surface area contributed by atoms with E-state index in [1.54, 1.807) is 0 Å². The third kappa shape index (κ3) is 3.68. The Morgan fingerprint density at radius 1 is 1.37 bits per heavy atom. The first-order valence-electron chi connectivity index (χ1n) is 5.50. The molecule has 0 heterocycles. The second-order valence-corrected chi connectivity index (χ2v) is 3.70. The standard InChI is InChI=1S/C11H12F2N2O4/c12-7-3-4-8(15(18)19)10(13)9(7)11(17)14-5-1-2-6-16/h3-4,16H,1-2,5-6H2,(H,14,17). The fourth-order valence-corrected chi connectivity index (χ4v) is 1.42. The van der Waals surface area contributed by atoms with E-state index in [2.05, 4.69) is 5.32 Å². The van der Waals surface area contributed by atoms with Gasteiger partial charge in [0.25, 0.3) is 5.91 Å². The number of amides is 1. The predicted molar refractivity (Wildman–Crippen MR) is 61.7 cm³/mol. The van der Waals surface area contributed by atoms with E-state index in [0.29, 0.717) is 25.0 Å². The first kappa shape index (κ1) is 15.0. The minimum Gasteiger partial charge on any atom is -0.396 e. The zero-order chi connectivity index (χ0) is 14.4. The minimum absolute atomic E-state index is 0.0601. The topological polar surface area (TPSA) is 92.5 Å². The van der Waals surface area contributed by atoms with Gasteiger partial charge in [-0.25, -0.2) is 4.39 Å². The number of nitrogens with one attached hydrogen (secondary N) is 1. The molecule has 19 heavy (non-hydrogen) atoms. The lowest BCUT2D eigenvalue weighted by molar-refractivity contribution is -0.387. The van der Waals surface area contributed by atoms with Crippen LogP contribution in [0.2, 0.25) is 0 Å². The molecule has 104 valence electrons. The van der Waals surface area contributed by atoms with Crippen LogP contribution in [0.1, 0.15) is 23.2 Å². The summed E-state index contributed by atoms with van der Waals surface area (Å²) in [5.74, 6) is -3.72. The number of hydrogen-bond acceptors (Lipinski definition) is 4. The van der Waals surface area contributed by atoms with E-state index in [1.165, 1.54) is 0 Å². The van der Waals surface area contributed by atoms with Gasteiger partial charge in [0.2, 0.25) is 5.82 Å². The van der Waals surface area contributed by atoms with Gasteiger partial charge in [-0.1, -0.05) is 0 Å². The molecule has 0 saturated carbocycles. The van der Waals surface area contributed by atoms with Crippen molar-refractivity contribution in [1.82, 2.24) is 5.32 Å². The highest BCUT2D eigenvalue weighted by Crippen LogP contribution is 2.22. The molecule has 0 atom stereocenters. The molecule has 1 aromatic carbocycles. The Kier molecular flexibility index (Phi) is 5.31. The van der Waals surface area contributed by atoms with Gasteiger partial charge in [-0.2, -0.15) is 4.39 Å². The summed E-state index contributed by atoms with van der Waals surface area (Å²) in [6.45, 7) is 0.0520. The predicted octanol–water partition coefficient (Wildman–Crippen LogP) is 1.38. The lowest BCUT2D eigenvalue weighted by Crippen LogP contribution is -2.27. The van der Waals surface area contributed by atoms with E-state index in [0.717, 1.165) is 0 Å². The number of hydrogen-bond donors (Lipinski definition) is 2. The number of nitro benzene ring substituents is 1. The number of rotatable bonds is 6. The minimum atomic E-state index is -1.50. The van der Waals surface area contributed by atoms with E-state index >= 15 is 0 Å². The zero-order valence-electron chi connectivity index (χ0n) is 9.86. The maximum atomic E-state index is 13.6. The number of aliphatic hydroxyl groups is 1. The molecule has 0 saturated heterocycles. The van der Waals surface area contributed by atoms with Crippen LogP contribution in [-0.4, -0.2) is 29.1 Å². The Balaban J connectivity index is 2.90. The van der Waals surface area contributed by atoms with Crippen molar-refractivity contribution < 1.29 is 23.6 Å². The van der Waals surface area contributed by atoms with Gasteiger partial charge >= 0.3 is 5.69 Å². The van der Waals surface area contributed by atoms with Crippen molar-refractivity contribution in [1.29, 1.82) is 0 Å². The fourth-order valence-electron chi connectivity index (χ4n) is 1.42. The summed E-state index contributed by atoms with van der Waals surface area (Å²) in [5.41, 5.74) is -1.93. The monoisotopic (exact) mass is 274 g/mol. The van der Waals surface area contributed by atoms with E-state index in [-0.39, 0.29) is 13.2 Å². The van der Waals surface area contributed by atoms with E-state index in [9.17, 15) is 23.7 Å². The van der Waals surface area contributed by atoms with Crippen molar-refractivity contribution in [3.05, 3.63) is 39.4 Å². The Labute approximate surface area is 107 Å². The van der Waals surface area contributed by atoms with Crippen LogP contribution in [-0.2, 0) is 0 Å². The summed E-state index contributed by atoms with van der Waals surface area (Å²) in [7, 11) is 0. The van der Waals surface area contributed by atoms with Crippen LogP contribution in [0.4, 0.5) is 14.5 Å². The number of benzene rings is 1. The highest BCUT2D eigenvalue weighted by molar-refractivity contribution is 5.95. The molecule has 6 nitrogen and oxygen atoms in total. The molecule has 0 aliphatic heterocycles. The third-order valence-corrected chi connectivity index (χ3v) is 2.36. The second kappa shape index (κ2) is 6.74. The average Bonchev–Trinajstić information content (AvgIpc) is 2.34. The van der Waals surface area contributed by atoms with Crippen molar-refractivity contribution >= 4 is 11.6 Å². The Hall–Kier alpha value is -2.09. The van der Waals surface area contributed by atoms with Gasteiger partial charge in [0.1, 0.15) is 11.4 Å². The molecule has 0 radical (unpaired) electrons. The van der Waals surface area contributed by atoms with Crippen molar-refractivity contribution in [2.75, 3.05) is 13.2 Å². The highest BCUT2D eigenvalue weighted by atomic mass is 19.1. The largest absolute Gasteiger partial charge is 0.396 e. The number of carbonyl (C=O) groups excluding carboxylic acids is 1. The lowest BCUT2D eigenvalue weighted by atomic mass is 10.1. The SMILES string of the molecule is O=C(NCCCCO)c1c(F)ccc([N+](=O)[O-])c1F. The van der Waals surface area contributed by atoms with Crippen LogP contribution < -0.4 is 5.32 Å². The summed E-state index contributed by atoms with van der Waals surface area (Å²) in [6.07, 6.45) is 0.862. The van der Waals surface area contributed by atoms with Gasteiger partial charge in [0.05, 0.1) is 4.92 Å². The molecule has 0 unspecified atom stereocenters. The highest BCUT2D eigenvalue weighted by Gasteiger charge is 2.25. The normalized spacial score (nSPS) is 10.3. The maximum Gasteiger partial charge on any atom is 0.305 e. The smallest absolute Gasteiger partial charge is 0.305 e. The molecule has 8 heteroatoms. The van der Waals surface area contributed by atoms with Crippen molar-refractivity contribution in [2.45, 2.75) is 12.8 Å². The molecule has 2 N–H and O–H groups in total. The second-order valence-electron chi connectivity index (χ2n) is 3.70. The van der Waals surface area contributed by atoms with Gasteiger partial charge in [-0.3, -0.25) is 14.9 Å². The van der Waals surface area contributed by atoms with Crippen molar-refractivity contribution in [3.8, 4) is 0 Å². The Bertz CT molecular complexity index is 494. The summed E-state index contributed by atoms with van der Waals surface area (Å²) >= 11 is 0. The first-order chi connectivity index (χ1) is 8.99. The molecule has 0 aliphatic rings. The van der Waals surface area contributed by atoms with E-state index in [4.69, 9.17) is 5.11 Å². The van der Waals surface area contributed by atoms with Gasteiger partial charge in [0.15, 0.2) is 0 Å². The van der Waals surface area contributed by atoms with Gasteiger partial charge < -0.3 is 10.4 Å². The van der Waals surface area contributed by atoms with Crippen LogP contribution >= 0.6 is 0 Å². The molecule has 0 spiro atoms. The zero-order valence-corrected chi connectivity index (χ0v) is 9.86.